The fourth-order valence-corrected chi connectivity index (χ4v) is 6.25. The van der Waals surface area contributed by atoms with E-state index in [0.29, 0.717) is 12.0 Å². The summed E-state index contributed by atoms with van der Waals surface area (Å²) in [7, 11) is 0. The standard InChI is InChI=1S/C22H28F2N2O2/c1-13(17-2-3-18(23)19(24)7-17)26-21(28)12-25-20(27)11-22-8-14-4-15(9-22)6-16(5-14)10-22/h2-3,7,13-16H,4-6,8-12H2,1H3,(H,25,27)(H,26,28). The molecule has 1 aromatic carbocycles. The van der Waals surface area contributed by atoms with Crippen molar-refractivity contribution >= 4 is 11.8 Å². The number of benzene rings is 1. The number of rotatable bonds is 6. The van der Waals surface area contributed by atoms with Gasteiger partial charge in [0.05, 0.1) is 12.6 Å². The Bertz CT molecular complexity index is 745. The zero-order chi connectivity index (χ0) is 19.9. The molecule has 4 aliphatic carbocycles. The van der Waals surface area contributed by atoms with E-state index in [2.05, 4.69) is 10.6 Å². The minimum absolute atomic E-state index is 0.0578. The van der Waals surface area contributed by atoms with Crippen LogP contribution in [0.15, 0.2) is 18.2 Å². The molecular weight excluding hydrogens is 362 g/mol. The Morgan fingerprint density at radius 2 is 1.64 bits per heavy atom. The Balaban J connectivity index is 1.25. The van der Waals surface area contributed by atoms with Crippen LogP contribution in [0.1, 0.15) is 63.5 Å². The molecule has 2 N–H and O–H groups in total. The number of hydrogen-bond acceptors (Lipinski definition) is 2. The van der Waals surface area contributed by atoms with Crippen LogP contribution >= 0.6 is 0 Å². The maximum atomic E-state index is 13.3. The van der Waals surface area contributed by atoms with Crippen molar-refractivity contribution in [3.8, 4) is 0 Å². The van der Waals surface area contributed by atoms with Crippen LogP contribution < -0.4 is 10.6 Å². The monoisotopic (exact) mass is 390 g/mol. The SMILES string of the molecule is CC(NC(=O)CNC(=O)CC12CC3CC(CC(C3)C1)C2)c1ccc(F)c(F)c1. The lowest BCUT2D eigenvalue weighted by Gasteiger charge is -2.56. The lowest BCUT2D eigenvalue weighted by atomic mass is 9.49. The van der Waals surface area contributed by atoms with Gasteiger partial charge in [-0.2, -0.15) is 0 Å². The molecule has 4 fully saturated rings. The first kappa shape index (κ1) is 19.3. The Hall–Kier alpha value is -1.98. The van der Waals surface area contributed by atoms with E-state index in [1.54, 1.807) is 6.92 Å². The van der Waals surface area contributed by atoms with Crippen LogP contribution in [0.5, 0.6) is 0 Å². The summed E-state index contributed by atoms with van der Waals surface area (Å²) in [6, 6.07) is 3.09. The van der Waals surface area contributed by atoms with Gasteiger partial charge in [0.1, 0.15) is 0 Å². The second kappa shape index (κ2) is 7.45. The highest BCUT2D eigenvalue weighted by molar-refractivity contribution is 5.85. The molecular formula is C22H28F2N2O2. The highest BCUT2D eigenvalue weighted by atomic mass is 19.2. The second-order valence-electron chi connectivity index (χ2n) is 9.33. The Morgan fingerprint density at radius 1 is 1.04 bits per heavy atom. The molecule has 4 bridgehead atoms. The molecule has 2 amide bonds. The molecule has 0 heterocycles. The van der Waals surface area contributed by atoms with E-state index in [9.17, 15) is 18.4 Å². The van der Waals surface area contributed by atoms with Gasteiger partial charge in [-0.25, -0.2) is 8.78 Å². The third-order valence-corrected chi connectivity index (χ3v) is 6.97. The zero-order valence-corrected chi connectivity index (χ0v) is 16.3. The smallest absolute Gasteiger partial charge is 0.239 e. The van der Waals surface area contributed by atoms with Crippen molar-refractivity contribution in [1.29, 1.82) is 0 Å². The zero-order valence-electron chi connectivity index (χ0n) is 16.3. The third-order valence-electron chi connectivity index (χ3n) is 6.97. The summed E-state index contributed by atoms with van der Waals surface area (Å²) in [5, 5.41) is 5.46. The van der Waals surface area contributed by atoms with Gasteiger partial charge in [0, 0.05) is 6.42 Å². The van der Waals surface area contributed by atoms with Crippen molar-refractivity contribution in [3.05, 3.63) is 35.4 Å². The highest BCUT2D eigenvalue weighted by Crippen LogP contribution is 2.61. The minimum Gasteiger partial charge on any atom is -0.348 e. The van der Waals surface area contributed by atoms with Gasteiger partial charge in [0.15, 0.2) is 11.6 Å². The number of nitrogens with one attached hydrogen (secondary N) is 2. The predicted octanol–water partition coefficient (Wildman–Crippen LogP) is 3.86. The van der Waals surface area contributed by atoms with Gasteiger partial charge in [-0.1, -0.05) is 6.07 Å². The summed E-state index contributed by atoms with van der Waals surface area (Å²) in [5.41, 5.74) is 0.626. The van der Waals surface area contributed by atoms with Crippen molar-refractivity contribution in [1.82, 2.24) is 10.6 Å². The first-order valence-electron chi connectivity index (χ1n) is 10.3. The molecule has 1 unspecified atom stereocenters. The van der Waals surface area contributed by atoms with E-state index in [1.807, 2.05) is 0 Å². The predicted molar refractivity (Wildman–Crippen MR) is 101 cm³/mol. The third kappa shape index (κ3) is 4.06. The largest absolute Gasteiger partial charge is 0.348 e. The molecule has 0 saturated heterocycles. The van der Waals surface area contributed by atoms with E-state index in [4.69, 9.17) is 0 Å². The first-order chi connectivity index (χ1) is 13.3. The molecule has 6 heteroatoms. The van der Waals surface area contributed by atoms with Crippen LogP contribution in [0, 0.1) is 34.8 Å². The molecule has 5 rings (SSSR count). The van der Waals surface area contributed by atoms with E-state index >= 15 is 0 Å². The number of carbonyl (C=O) groups is 2. The topological polar surface area (TPSA) is 58.2 Å². The van der Waals surface area contributed by atoms with E-state index in [0.717, 1.165) is 49.1 Å². The van der Waals surface area contributed by atoms with Crippen molar-refractivity contribution in [2.45, 2.75) is 57.9 Å². The van der Waals surface area contributed by atoms with E-state index < -0.39 is 17.7 Å². The van der Waals surface area contributed by atoms with Crippen molar-refractivity contribution in [3.63, 3.8) is 0 Å². The average Bonchev–Trinajstić information content (AvgIpc) is 2.60. The van der Waals surface area contributed by atoms with E-state index in [-0.39, 0.29) is 23.8 Å². The van der Waals surface area contributed by atoms with Crippen LogP contribution in [-0.4, -0.2) is 18.4 Å². The van der Waals surface area contributed by atoms with Gasteiger partial charge in [-0.05, 0) is 86.3 Å². The van der Waals surface area contributed by atoms with Gasteiger partial charge in [0.25, 0.3) is 0 Å². The quantitative estimate of drug-likeness (QED) is 0.775. The van der Waals surface area contributed by atoms with Crippen LogP contribution in [0.25, 0.3) is 0 Å². The van der Waals surface area contributed by atoms with E-state index in [1.165, 1.54) is 25.3 Å². The lowest BCUT2D eigenvalue weighted by Crippen LogP contribution is -2.48. The van der Waals surface area contributed by atoms with Crippen molar-refractivity contribution < 1.29 is 18.4 Å². The molecule has 152 valence electrons. The molecule has 0 radical (unpaired) electrons. The van der Waals surface area contributed by atoms with Crippen molar-refractivity contribution in [2.24, 2.45) is 23.2 Å². The summed E-state index contributed by atoms with van der Waals surface area (Å²) < 4.78 is 26.4. The Kier molecular flexibility index (Phi) is 5.15. The van der Waals surface area contributed by atoms with Gasteiger partial charge < -0.3 is 10.6 Å². The van der Waals surface area contributed by atoms with Crippen LogP contribution in [0.3, 0.4) is 0 Å². The van der Waals surface area contributed by atoms with Crippen LogP contribution in [-0.2, 0) is 9.59 Å². The molecule has 0 aromatic heterocycles. The Labute approximate surface area is 164 Å². The number of amides is 2. The summed E-state index contributed by atoms with van der Waals surface area (Å²) in [5.74, 6) is 0.119. The summed E-state index contributed by atoms with van der Waals surface area (Å²) in [4.78, 5) is 24.6. The molecule has 28 heavy (non-hydrogen) atoms. The Morgan fingerprint density at radius 3 is 2.21 bits per heavy atom. The molecule has 0 aliphatic heterocycles. The highest BCUT2D eigenvalue weighted by Gasteiger charge is 2.51. The maximum Gasteiger partial charge on any atom is 0.239 e. The van der Waals surface area contributed by atoms with Gasteiger partial charge in [0.2, 0.25) is 11.8 Å². The number of halogens is 2. The molecule has 4 nitrogen and oxygen atoms in total. The molecule has 0 spiro atoms. The molecule has 1 atom stereocenters. The normalized spacial score (nSPS) is 31.5. The number of carbonyl (C=O) groups excluding carboxylic acids is 2. The van der Waals surface area contributed by atoms with Crippen molar-refractivity contribution in [2.75, 3.05) is 6.54 Å². The fraction of sp³-hybridized carbons (Fsp3) is 0.636. The molecule has 4 aliphatic rings. The number of hydrogen-bond donors (Lipinski definition) is 2. The van der Waals surface area contributed by atoms with Gasteiger partial charge in [-0.3, -0.25) is 9.59 Å². The first-order valence-corrected chi connectivity index (χ1v) is 10.3. The fourth-order valence-electron chi connectivity index (χ4n) is 6.25. The van der Waals surface area contributed by atoms with Gasteiger partial charge in [-0.15, -0.1) is 0 Å². The molecule has 4 saturated carbocycles. The summed E-state index contributed by atoms with van der Waals surface area (Å²) >= 11 is 0. The molecule has 1 aromatic rings. The van der Waals surface area contributed by atoms with Crippen LogP contribution in [0.4, 0.5) is 8.78 Å². The second-order valence-corrected chi connectivity index (χ2v) is 9.33. The minimum atomic E-state index is -0.942. The average molecular weight is 390 g/mol. The maximum absolute atomic E-state index is 13.3. The summed E-state index contributed by atoms with van der Waals surface area (Å²) in [6.45, 7) is 1.60. The van der Waals surface area contributed by atoms with Gasteiger partial charge >= 0.3 is 0 Å². The lowest BCUT2D eigenvalue weighted by molar-refractivity contribution is -0.132. The van der Waals surface area contributed by atoms with Crippen LogP contribution in [0.2, 0.25) is 0 Å². The summed E-state index contributed by atoms with van der Waals surface area (Å²) in [6.07, 6.45) is 8.01.